The van der Waals surface area contributed by atoms with Crippen LogP contribution in [0.3, 0.4) is 0 Å². The molecule has 1 atom stereocenters. The lowest BCUT2D eigenvalue weighted by Crippen LogP contribution is -2.39. The van der Waals surface area contributed by atoms with Gasteiger partial charge < -0.3 is 14.3 Å². The van der Waals surface area contributed by atoms with E-state index in [9.17, 15) is 9.59 Å². The molecule has 1 aliphatic carbocycles. The molecule has 0 saturated carbocycles. The van der Waals surface area contributed by atoms with Gasteiger partial charge in [0.05, 0.1) is 0 Å². The smallest absolute Gasteiger partial charge is 0.271 e. The molecule has 1 fully saturated rings. The van der Waals surface area contributed by atoms with E-state index in [0.29, 0.717) is 24.6 Å². The highest BCUT2D eigenvalue weighted by Gasteiger charge is 2.35. The van der Waals surface area contributed by atoms with Crippen LogP contribution in [0.2, 0.25) is 0 Å². The van der Waals surface area contributed by atoms with Crippen LogP contribution in [0.25, 0.3) is 11.1 Å². The first-order valence-corrected chi connectivity index (χ1v) is 10.0. The van der Waals surface area contributed by atoms with Gasteiger partial charge in [0.2, 0.25) is 5.89 Å². The van der Waals surface area contributed by atoms with Gasteiger partial charge in [-0.15, -0.1) is 0 Å². The van der Waals surface area contributed by atoms with Gasteiger partial charge in [-0.1, -0.05) is 12.1 Å². The topological polar surface area (TPSA) is 79.2 Å². The number of aromatic nitrogens is 2. The number of hydrogen-bond donors (Lipinski definition) is 1. The van der Waals surface area contributed by atoms with Crippen molar-refractivity contribution < 1.29 is 14.0 Å². The van der Waals surface area contributed by atoms with Gasteiger partial charge in [0.15, 0.2) is 11.4 Å². The quantitative estimate of drug-likeness (QED) is 0.720. The van der Waals surface area contributed by atoms with E-state index < -0.39 is 0 Å². The van der Waals surface area contributed by atoms with Crippen molar-refractivity contribution in [2.75, 3.05) is 6.54 Å². The summed E-state index contributed by atoms with van der Waals surface area (Å²) in [5.74, 6) is 0.675. The molecule has 28 heavy (non-hydrogen) atoms. The van der Waals surface area contributed by atoms with E-state index in [4.69, 9.17) is 4.42 Å². The molecule has 1 unspecified atom stereocenters. The summed E-state index contributed by atoms with van der Waals surface area (Å²) in [6.45, 7) is 2.55. The highest BCUT2D eigenvalue weighted by atomic mass is 16.3. The first-order valence-electron chi connectivity index (χ1n) is 10.0. The molecule has 1 saturated heterocycles. The van der Waals surface area contributed by atoms with Crippen LogP contribution in [0.5, 0.6) is 0 Å². The number of oxazole rings is 1. The third kappa shape index (κ3) is 2.66. The summed E-state index contributed by atoms with van der Waals surface area (Å²) < 4.78 is 5.98. The van der Waals surface area contributed by atoms with Crippen LogP contribution in [0.4, 0.5) is 0 Å². The summed E-state index contributed by atoms with van der Waals surface area (Å²) in [6, 6.07) is 7.50. The Labute approximate surface area is 162 Å². The molecule has 1 aromatic carbocycles. The molecule has 5 rings (SSSR count). The number of Topliss-reactive ketones (excluding diaryl/α,β-unsaturated/α-hetero) is 1. The maximum absolute atomic E-state index is 13.5. The normalized spacial score (nSPS) is 19.8. The molecule has 2 aliphatic rings. The van der Waals surface area contributed by atoms with Crippen LogP contribution in [-0.4, -0.2) is 33.1 Å². The molecular formula is C22H23N3O3. The highest BCUT2D eigenvalue weighted by molar-refractivity contribution is 6.04. The van der Waals surface area contributed by atoms with Crippen molar-refractivity contribution in [3.8, 4) is 0 Å². The molecule has 0 radical (unpaired) electrons. The fourth-order valence-corrected chi connectivity index (χ4v) is 4.60. The van der Waals surface area contributed by atoms with Gasteiger partial charge in [-0.2, -0.15) is 0 Å². The number of hydrogen-bond acceptors (Lipinski definition) is 4. The van der Waals surface area contributed by atoms with E-state index >= 15 is 0 Å². The van der Waals surface area contributed by atoms with Crippen LogP contribution < -0.4 is 0 Å². The molecule has 0 bridgehead atoms. The number of fused-ring (bicyclic) bond motifs is 2. The summed E-state index contributed by atoms with van der Waals surface area (Å²) in [6.07, 6.45) is 5.05. The minimum Gasteiger partial charge on any atom is -0.438 e. The summed E-state index contributed by atoms with van der Waals surface area (Å²) >= 11 is 0. The van der Waals surface area contributed by atoms with E-state index in [1.165, 1.54) is 0 Å². The van der Waals surface area contributed by atoms with Gasteiger partial charge >= 0.3 is 0 Å². The van der Waals surface area contributed by atoms with Crippen LogP contribution >= 0.6 is 0 Å². The van der Waals surface area contributed by atoms with Crippen molar-refractivity contribution in [3.05, 3.63) is 52.7 Å². The number of piperidine rings is 1. The lowest BCUT2D eigenvalue weighted by atomic mass is 9.93. The van der Waals surface area contributed by atoms with Crippen LogP contribution in [-0.2, 0) is 6.42 Å². The molecule has 6 heteroatoms. The van der Waals surface area contributed by atoms with E-state index in [1.807, 2.05) is 36.1 Å². The zero-order chi connectivity index (χ0) is 19.3. The lowest BCUT2D eigenvalue weighted by molar-refractivity contribution is 0.0568. The van der Waals surface area contributed by atoms with Crippen molar-refractivity contribution >= 4 is 22.8 Å². The average molecular weight is 377 g/mol. The summed E-state index contributed by atoms with van der Waals surface area (Å²) in [7, 11) is 0. The molecule has 3 heterocycles. The Kier molecular flexibility index (Phi) is 4.07. The second-order valence-corrected chi connectivity index (χ2v) is 7.79. The monoisotopic (exact) mass is 377 g/mol. The Hall–Kier alpha value is -2.89. The van der Waals surface area contributed by atoms with Crippen molar-refractivity contribution in [1.29, 1.82) is 0 Å². The maximum Gasteiger partial charge on any atom is 0.271 e. The number of carbonyl (C=O) groups is 2. The van der Waals surface area contributed by atoms with Crippen LogP contribution in [0, 0.1) is 6.92 Å². The molecule has 144 valence electrons. The number of para-hydroxylation sites is 2. The zero-order valence-electron chi connectivity index (χ0n) is 16.0. The molecule has 1 amide bonds. The number of aryl methyl sites for hydroxylation is 1. The average Bonchev–Trinajstić information content (AvgIpc) is 3.29. The first-order chi connectivity index (χ1) is 13.6. The maximum atomic E-state index is 13.5. The molecule has 0 spiro atoms. The number of nitrogens with zero attached hydrogens (tertiary/aromatic N) is 2. The number of carbonyl (C=O) groups excluding carboxylic acids is 2. The third-order valence-electron chi connectivity index (χ3n) is 6.01. The Balaban J connectivity index is 1.51. The Morgan fingerprint density at radius 3 is 2.89 bits per heavy atom. The number of benzene rings is 1. The Morgan fingerprint density at radius 2 is 2.07 bits per heavy atom. The minimum atomic E-state index is -0.177. The van der Waals surface area contributed by atoms with Crippen molar-refractivity contribution in [2.45, 2.75) is 51.5 Å². The van der Waals surface area contributed by atoms with Gasteiger partial charge in [-0.25, -0.2) is 4.98 Å². The lowest BCUT2D eigenvalue weighted by Gasteiger charge is -2.33. The fraction of sp³-hybridized carbons (Fsp3) is 0.409. The number of ketones is 1. The van der Waals surface area contributed by atoms with Crippen molar-refractivity contribution in [1.82, 2.24) is 14.9 Å². The fourth-order valence-electron chi connectivity index (χ4n) is 4.60. The second-order valence-electron chi connectivity index (χ2n) is 7.79. The van der Waals surface area contributed by atoms with E-state index in [2.05, 4.69) is 9.97 Å². The summed E-state index contributed by atoms with van der Waals surface area (Å²) in [5, 5.41) is 0. The van der Waals surface area contributed by atoms with Crippen molar-refractivity contribution in [2.24, 2.45) is 0 Å². The van der Waals surface area contributed by atoms with Crippen LogP contribution in [0.1, 0.15) is 76.1 Å². The second kappa shape index (κ2) is 6.62. The predicted octanol–water partition coefficient (Wildman–Crippen LogP) is 4.35. The SMILES string of the molecule is Cc1c(C(=O)N2CCCCC2c2nc3ccccc3o2)[nH]c2c1C(=O)CCC2. The first kappa shape index (κ1) is 17.2. The number of nitrogens with one attached hydrogen (secondary N) is 1. The van der Waals surface area contributed by atoms with Gasteiger partial charge in [-0.05, 0) is 56.7 Å². The molecular weight excluding hydrogens is 354 g/mol. The van der Waals surface area contributed by atoms with Gasteiger partial charge in [-0.3, -0.25) is 9.59 Å². The molecule has 1 aliphatic heterocycles. The highest BCUT2D eigenvalue weighted by Crippen LogP contribution is 2.35. The van der Waals surface area contributed by atoms with Gasteiger partial charge in [0.25, 0.3) is 5.91 Å². The summed E-state index contributed by atoms with van der Waals surface area (Å²) in [4.78, 5) is 35.6. The molecule has 6 nitrogen and oxygen atoms in total. The Morgan fingerprint density at radius 1 is 1.21 bits per heavy atom. The summed E-state index contributed by atoms with van der Waals surface area (Å²) in [5.41, 5.74) is 4.52. The predicted molar refractivity (Wildman–Crippen MR) is 104 cm³/mol. The van der Waals surface area contributed by atoms with Crippen molar-refractivity contribution in [3.63, 3.8) is 0 Å². The van der Waals surface area contributed by atoms with Crippen LogP contribution in [0.15, 0.2) is 28.7 Å². The van der Waals surface area contributed by atoms with Gasteiger partial charge in [0, 0.05) is 24.2 Å². The van der Waals surface area contributed by atoms with E-state index in [1.54, 1.807) is 0 Å². The van der Waals surface area contributed by atoms with E-state index in [-0.39, 0.29) is 17.7 Å². The third-order valence-corrected chi connectivity index (χ3v) is 6.01. The standard InChI is InChI=1S/C22H23N3O3/c1-13-19-15(8-6-10-17(19)26)23-20(13)22(27)25-12-5-4-9-16(25)21-24-14-7-2-3-11-18(14)28-21/h2-3,7,11,16,23H,4-6,8-10,12H2,1H3. The molecule has 3 aromatic rings. The number of rotatable bonds is 2. The number of amides is 1. The number of H-pyrrole nitrogens is 1. The van der Waals surface area contributed by atoms with E-state index in [0.717, 1.165) is 60.0 Å². The zero-order valence-corrected chi connectivity index (χ0v) is 16.0. The van der Waals surface area contributed by atoms with Gasteiger partial charge in [0.1, 0.15) is 17.3 Å². The minimum absolute atomic E-state index is 0.0633. The number of aromatic amines is 1. The largest absolute Gasteiger partial charge is 0.438 e. The number of likely N-dealkylation sites (tertiary alicyclic amines) is 1. The molecule has 1 N–H and O–H groups in total. The Bertz CT molecular complexity index is 1050. The molecule has 2 aromatic heterocycles.